The number of esters is 1. The number of carbonyl (C=O) groups excluding carboxylic acids is 2. The van der Waals surface area contributed by atoms with Crippen LogP contribution in [0.3, 0.4) is 0 Å². The highest BCUT2D eigenvalue weighted by atomic mass is 16.5. The molecule has 0 unspecified atom stereocenters. The highest BCUT2D eigenvalue weighted by molar-refractivity contribution is 5.82. The third-order valence-corrected chi connectivity index (χ3v) is 5.31. The van der Waals surface area contributed by atoms with Gasteiger partial charge in [-0.3, -0.25) is 9.59 Å². The van der Waals surface area contributed by atoms with Gasteiger partial charge in [-0.25, -0.2) is 4.68 Å². The summed E-state index contributed by atoms with van der Waals surface area (Å²) in [6, 6.07) is 3.93. The zero-order valence-corrected chi connectivity index (χ0v) is 18.0. The molecule has 0 spiro atoms. The fraction of sp³-hybridized carbons (Fsp3) is 0.571. The van der Waals surface area contributed by atoms with E-state index in [2.05, 4.69) is 25.5 Å². The van der Waals surface area contributed by atoms with Crippen molar-refractivity contribution in [2.24, 2.45) is 0 Å². The molecule has 162 valence electrons. The summed E-state index contributed by atoms with van der Waals surface area (Å²) < 4.78 is 6.58. The Morgan fingerprint density at radius 3 is 2.47 bits per heavy atom. The largest absolute Gasteiger partial charge is 0.465 e. The molecule has 0 bridgehead atoms. The van der Waals surface area contributed by atoms with Gasteiger partial charge >= 0.3 is 5.97 Å². The lowest BCUT2D eigenvalue weighted by Gasteiger charge is -2.27. The van der Waals surface area contributed by atoms with Crippen molar-refractivity contribution in [3.8, 4) is 5.82 Å². The van der Waals surface area contributed by atoms with Crippen LogP contribution < -0.4 is 10.2 Å². The molecule has 30 heavy (non-hydrogen) atoms. The number of ether oxygens (including phenoxy) is 1. The first-order chi connectivity index (χ1) is 14.5. The average Bonchev–Trinajstić information content (AvgIpc) is 3.05. The molecule has 0 aliphatic carbocycles. The van der Waals surface area contributed by atoms with Crippen LogP contribution in [0.1, 0.15) is 49.6 Å². The Balaban J connectivity index is 1.62. The molecule has 1 amide bonds. The third kappa shape index (κ3) is 5.34. The van der Waals surface area contributed by atoms with Gasteiger partial charge in [-0.2, -0.15) is 5.10 Å². The van der Waals surface area contributed by atoms with Crippen LogP contribution in [0.4, 0.5) is 5.82 Å². The number of hydrogen-bond donors (Lipinski definition) is 1. The molecular formula is C21H30N6O3. The number of nitrogens with one attached hydrogen (secondary N) is 1. The van der Waals surface area contributed by atoms with Crippen molar-refractivity contribution in [3.05, 3.63) is 29.1 Å². The number of aryl methyl sites for hydroxylation is 1. The van der Waals surface area contributed by atoms with E-state index in [0.29, 0.717) is 18.8 Å². The van der Waals surface area contributed by atoms with Gasteiger partial charge in [0.05, 0.1) is 12.3 Å². The summed E-state index contributed by atoms with van der Waals surface area (Å²) in [5.74, 6) is 0.936. The lowest BCUT2D eigenvalue weighted by Crippen LogP contribution is -2.30. The highest BCUT2D eigenvalue weighted by Gasteiger charge is 2.17. The van der Waals surface area contributed by atoms with Crippen LogP contribution in [0, 0.1) is 13.8 Å². The van der Waals surface area contributed by atoms with Crippen molar-refractivity contribution < 1.29 is 14.3 Å². The summed E-state index contributed by atoms with van der Waals surface area (Å²) in [6.07, 6.45) is 4.46. The molecular weight excluding hydrogens is 384 g/mol. The molecule has 1 N–H and O–H groups in total. The number of anilines is 1. The van der Waals surface area contributed by atoms with Gasteiger partial charge < -0.3 is 15.0 Å². The van der Waals surface area contributed by atoms with Crippen molar-refractivity contribution in [3.63, 3.8) is 0 Å². The van der Waals surface area contributed by atoms with E-state index in [1.807, 2.05) is 26.0 Å². The minimum Gasteiger partial charge on any atom is -0.465 e. The number of piperidine rings is 1. The van der Waals surface area contributed by atoms with Crippen molar-refractivity contribution >= 4 is 17.7 Å². The standard InChI is InChI=1S/C21H30N6O3/c1-4-30-21(29)14-22-20(28)11-8-17-15(2)25-27(16(17)3)19-10-9-18(23-24-19)26-12-6-5-7-13-26/h9-10H,4-8,11-14H2,1-3H3,(H,22,28). The van der Waals surface area contributed by atoms with Crippen LogP contribution >= 0.6 is 0 Å². The van der Waals surface area contributed by atoms with E-state index in [9.17, 15) is 9.59 Å². The zero-order chi connectivity index (χ0) is 21.5. The number of carbonyl (C=O) groups is 2. The van der Waals surface area contributed by atoms with Crippen molar-refractivity contribution in [1.29, 1.82) is 0 Å². The molecule has 3 heterocycles. The van der Waals surface area contributed by atoms with E-state index >= 15 is 0 Å². The van der Waals surface area contributed by atoms with Gasteiger partial charge in [0.1, 0.15) is 6.54 Å². The molecule has 3 rings (SSSR count). The molecule has 1 saturated heterocycles. The van der Waals surface area contributed by atoms with E-state index < -0.39 is 5.97 Å². The minimum atomic E-state index is -0.433. The Labute approximate surface area is 176 Å². The van der Waals surface area contributed by atoms with Crippen molar-refractivity contribution in [2.75, 3.05) is 31.1 Å². The summed E-state index contributed by atoms with van der Waals surface area (Å²) in [4.78, 5) is 25.7. The third-order valence-electron chi connectivity index (χ3n) is 5.31. The first kappa shape index (κ1) is 21.7. The topological polar surface area (TPSA) is 102 Å². The molecule has 9 heteroatoms. The maximum absolute atomic E-state index is 12.0. The van der Waals surface area contributed by atoms with E-state index in [1.54, 1.807) is 11.6 Å². The summed E-state index contributed by atoms with van der Waals surface area (Å²) in [6.45, 7) is 7.86. The van der Waals surface area contributed by atoms with Gasteiger partial charge in [0, 0.05) is 25.2 Å². The number of rotatable bonds is 8. The van der Waals surface area contributed by atoms with E-state index in [1.165, 1.54) is 19.3 Å². The van der Waals surface area contributed by atoms with Gasteiger partial charge in [-0.1, -0.05) is 0 Å². The predicted octanol–water partition coefficient (Wildman–Crippen LogP) is 1.88. The van der Waals surface area contributed by atoms with Crippen molar-refractivity contribution in [2.45, 2.75) is 52.9 Å². The molecule has 0 aromatic carbocycles. The molecule has 1 aliphatic heterocycles. The van der Waals surface area contributed by atoms with Gasteiger partial charge in [0.15, 0.2) is 11.6 Å². The second-order valence-corrected chi connectivity index (χ2v) is 7.44. The summed E-state index contributed by atoms with van der Waals surface area (Å²) in [5, 5.41) is 16.0. The molecule has 0 saturated carbocycles. The fourth-order valence-electron chi connectivity index (χ4n) is 3.69. The first-order valence-corrected chi connectivity index (χ1v) is 10.6. The number of aromatic nitrogens is 4. The van der Waals surface area contributed by atoms with E-state index in [-0.39, 0.29) is 18.9 Å². The van der Waals surface area contributed by atoms with E-state index in [4.69, 9.17) is 4.74 Å². The Bertz CT molecular complexity index is 872. The molecule has 1 fully saturated rings. The lowest BCUT2D eigenvalue weighted by molar-refractivity contribution is -0.143. The monoisotopic (exact) mass is 414 g/mol. The van der Waals surface area contributed by atoms with Crippen LogP contribution in [-0.4, -0.2) is 58.1 Å². The Morgan fingerprint density at radius 1 is 1.10 bits per heavy atom. The van der Waals surface area contributed by atoms with Crippen LogP contribution in [0.15, 0.2) is 12.1 Å². The van der Waals surface area contributed by atoms with Gasteiger partial charge in [-0.15, -0.1) is 10.2 Å². The first-order valence-electron chi connectivity index (χ1n) is 10.6. The maximum atomic E-state index is 12.0. The second kappa shape index (κ2) is 10.2. The summed E-state index contributed by atoms with van der Waals surface area (Å²) in [5.41, 5.74) is 2.79. The Kier molecular flexibility index (Phi) is 7.37. The van der Waals surface area contributed by atoms with Gasteiger partial charge in [0.2, 0.25) is 5.91 Å². The molecule has 2 aromatic heterocycles. The molecule has 0 atom stereocenters. The lowest BCUT2D eigenvalue weighted by atomic mass is 10.1. The second-order valence-electron chi connectivity index (χ2n) is 7.44. The summed E-state index contributed by atoms with van der Waals surface area (Å²) in [7, 11) is 0. The maximum Gasteiger partial charge on any atom is 0.325 e. The van der Waals surface area contributed by atoms with Crippen LogP contribution in [0.5, 0.6) is 0 Å². The summed E-state index contributed by atoms with van der Waals surface area (Å²) >= 11 is 0. The van der Waals surface area contributed by atoms with Crippen LogP contribution in [-0.2, 0) is 20.7 Å². The average molecular weight is 415 g/mol. The van der Waals surface area contributed by atoms with Crippen LogP contribution in [0.25, 0.3) is 5.82 Å². The Hall–Kier alpha value is -2.97. The van der Waals surface area contributed by atoms with Gasteiger partial charge in [0.25, 0.3) is 0 Å². The zero-order valence-electron chi connectivity index (χ0n) is 18.0. The number of hydrogen-bond acceptors (Lipinski definition) is 7. The molecule has 2 aromatic rings. The molecule has 1 aliphatic rings. The van der Waals surface area contributed by atoms with E-state index in [0.717, 1.165) is 35.9 Å². The minimum absolute atomic E-state index is 0.108. The number of nitrogens with zero attached hydrogens (tertiary/aromatic N) is 5. The molecule has 9 nitrogen and oxygen atoms in total. The van der Waals surface area contributed by atoms with Crippen molar-refractivity contribution in [1.82, 2.24) is 25.3 Å². The SMILES string of the molecule is CCOC(=O)CNC(=O)CCc1c(C)nn(-c2ccc(N3CCCCC3)nn2)c1C. The fourth-order valence-corrected chi connectivity index (χ4v) is 3.69. The van der Waals surface area contributed by atoms with Crippen LogP contribution in [0.2, 0.25) is 0 Å². The molecule has 0 radical (unpaired) electrons. The van der Waals surface area contributed by atoms with Gasteiger partial charge in [-0.05, 0) is 64.2 Å². The quantitative estimate of drug-likeness (QED) is 0.658. The normalized spacial score (nSPS) is 13.9. The highest BCUT2D eigenvalue weighted by Crippen LogP contribution is 2.20. The Morgan fingerprint density at radius 2 is 1.80 bits per heavy atom. The predicted molar refractivity (Wildman–Crippen MR) is 113 cm³/mol. The number of amides is 1. The smallest absolute Gasteiger partial charge is 0.325 e.